The van der Waals surface area contributed by atoms with Crippen molar-refractivity contribution in [2.75, 3.05) is 11.1 Å². The zero-order valence-corrected chi connectivity index (χ0v) is 13.6. The van der Waals surface area contributed by atoms with Gasteiger partial charge >= 0.3 is 0 Å². The van der Waals surface area contributed by atoms with Gasteiger partial charge in [0.05, 0.1) is 27.0 Å². The minimum atomic E-state index is 0.282. The molecule has 0 saturated heterocycles. The van der Waals surface area contributed by atoms with Crippen molar-refractivity contribution in [1.29, 1.82) is 0 Å². The highest BCUT2D eigenvalue weighted by Gasteiger charge is 2.22. The lowest BCUT2D eigenvalue weighted by Crippen LogP contribution is -2.19. The zero-order chi connectivity index (χ0) is 14.2. The van der Waals surface area contributed by atoms with Gasteiger partial charge in [0.1, 0.15) is 5.52 Å². The van der Waals surface area contributed by atoms with Crippen LogP contribution in [0.2, 0.25) is 5.02 Å². The van der Waals surface area contributed by atoms with Crippen molar-refractivity contribution in [2.45, 2.75) is 11.8 Å². The molecule has 1 aliphatic rings. The predicted molar refractivity (Wildman–Crippen MR) is 93.6 cm³/mol. The number of thioether (sulfide) groups is 1. The fourth-order valence-electron chi connectivity index (χ4n) is 2.72. The molecule has 4 rings (SSSR count). The van der Waals surface area contributed by atoms with Crippen molar-refractivity contribution >= 4 is 50.6 Å². The molecule has 2 heterocycles. The Hall–Kier alpha value is -1.23. The van der Waals surface area contributed by atoms with Gasteiger partial charge < -0.3 is 5.32 Å². The average molecular weight is 333 g/mol. The molecule has 21 heavy (non-hydrogen) atoms. The Bertz CT molecular complexity index is 800. The van der Waals surface area contributed by atoms with Crippen LogP contribution in [0.1, 0.15) is 17.2 Å². The van der Waals surface area contributed by atoms with Gasteiger partial charge in [-0.05, 0) is 23.3 Å². The lowest BCUT2D eigenvalue weighted by molar-refractivity contribution is 0.872. The summed E-state index contributed by atoms with van der Waals surface area (Å²) in [6, 6.07) is 12.9. The minimum absolute atomic E-state index is 0.282. The second-order valence-electron chi connectivity index (χ2n) is 5.03. The van der Waals surface area contributed by atoms with Gasteiger partial charge in [0, 0.05) is 11.5 Å². The molecule has 0 spiro atoms. The molecule has 0 saturated carbocycles. The highest BCUT2D eigenvalue weighted by Crippen LogP contribution is 2.38. The second-order valence-corrected chi connectivity index (χ2v) is 7.36. The first-order valence-corrected chi connectivity index (χ1v) is 9.18. The summed E-state index contributed by atoms with van der Waals surface area (Å²) in [4.78, 5) is 4.47. The molecule has 1 unspecified atom stereocenters. The maximum Gasteiger partial charge on any atom is 0.106 e. The van der Waals surface area contributed by atoms with E-state index in [9.17, 15) is 0 Å². The molecule has 1 aliphatic heterocycles. The normalized spacial score (nSPS) is 17.7. The molecular formula is C16H13ClN2S2. The maximum atomic E-state index is 6.40. The summed E-state index contributed by atoms with van der Waals surface area (Å²) in [6.07, 6.45) is 0. The summed E-state index contributed by atoms with van der Waals surface area (Å²) in [6.45, 7) is 0. The molecule has 1 N–H and O–H groups in total. The largest absolute Gasteiger partial charge is 0.374 e. The first-order valence-electron chi connectivity index (χ1n) is 6.77. The summed E-state index contributed by atoms with van der Waals surface area (Å²) >= 11 is 10.00. The topological polar surface area (TPSA) is 24.9 Å². The third-order valence-corrected chi connectivity index (χ3v) is 5.94. The summed E-state index contributed by atoms with van der Waals surface area (Å²) < 4.78 is 1.17. The van der Waals surface area contributed by atoms with Gasteiger partial charge in [0.15, 0.2) is 0 Å². The zero-order valence-electron chi connectivity index (χ0n) is 11.2. The fraction of sp³-hybridized carbons (Fsp3) is 0.188. The lowest BCUT2D eigenvalue weighted by Gasteiger charge is -2.27. The van der Waals surface area contributed by atoms with Crippen LogP contribution in [0.15, 0.2) is 41.9 Å². The first kappa shape index (κ1) is 13.4. The van der Waals surface area contributed by atoms with E-state index in [-0.39, 0.29) is 6.04 Å². The number of rotatable bonds is 2. The van der Waals surface area contributed by atoms with E-state index >= 15 is 0 Å². The summed E-state index contributed by atoms with van der Waals surface area (Å²) in [7, 11) is 0. The molecule has 0 amide bonds. The maximum absolute atomic E-state index is 6.40. The van der Waals surface area contributed by atoms with Crippen molar-refractivity contribution in [2.24, 2.45) is 0 Å². The van der Waals surface area contributed by atoms with Gasteiger partial charge in [-0.25, -0.2) is 4.98 Å². The average Bonchev–Trinajstić information content (AvgIpc) is 2.99. The van der Waals surface area contributed by atoms with Gasteiger partial charge in [0.2, 0.25) is 0 Å². The Balaban J connectivity index is 1.76. The summed E-state index contributed by atoms with van der Waals surface area (Å²) in [5, 5.41) is 4.36. The molecule has 3 aromatic rings. The van der Waals surface area contributed by atoms with Gasteiger partial charge in [-0.15, -0.1) is 11.3 Å². The molecule has 106 valence electrons. The van der Waals surface area contributed by atoms with Crippen LogP contribution in [0, 0.1) is 0 Å². The van der Waals surface area contributed by atoms with E-state index in [2.05, 4.69) is 34.6 Å². The van der Waals surface area contributed by atoms with E-state index in [1.807, 2.05) is 29.4 Å². The van der Waals surface area contributed by atoms with Crippen molar-refractivity contribution in [1.82, 2.24) is 4.98 Å². The SMILES string of the molecule is Clc1ccc2scnc2c1NC1CSCc2ccccc21. The third kappa shape index (κ3) is 2.41. The highest BCUT2D eigenvalue weighted by atomic mass is 35.5. The van der Waals surface area contributed by atoms with Crippen molar-refractivity contribution in [3.63, 3.8) is 0 Å². The van der Waals surface area contributed by atoms with Gasteiger partial charge in [-0.3, -0.25) is 0 Å². The van der Waals surface area contributed by atoms with E-state index in [0.717, 1.165) is 27.7 Å². The van der Waals surface area contributed by atoms with Crippen molar-refractivity contribution in [3.05, 3.63) is 58.1 Å². The number of thiazole rings is 1. The Morgan fingerprint density at radius 1 is 1.19 bits per heavy atom. The second kappa shape index (κ2) is 5.52. The number of aromatic nitrogens is 1. The van der Waals surface area contributed by atoms with Crippen molar-refractivity contribution < 1.29 is 0 Å². The van der Waals surface area contributed by atoms with E-state index < -0.39 is 0 Å². The van der Waals surface area contributed by atoms with E-state index in [1.54, 1.807) is 11.3 Å². The number of halogens is 1. The molecule has 0 aliphatic carbocycles. The van der Waals surface area contributed by atoms with Gasteiger partial charge in [-0.2, -0.15) is 11.8 Å². The molecule has 2 aromatic carbocycles. The molecule has 1 atom stereocenters. The Kier molecular flexibility index (Phi) is 3.53. The molecule has 2 nitrogen and oxygen atoms in total. The van der Waals surface area contributed by atoms with E-state index in [1.165, 1.54) is 15.8 Å². The summed E-state index contributed by atoms with van der Waals surface area (Å²) in [5.74, 6) is 2.14. The highest BCUT2D eigenvalue weighted by molar-refractivity contribution is 7.98. The first-order chi connectivity index (χ1) is 10.3. The van der Waals surface area contributed by atoms with E-state index in [4.69, 9.17) is 11.6 Å². The van der Waals surface area contributed by atoms with E-state index in [0.29, 0.717) is 0 Å². The Morgan fingerprint density at radius 3 is 3.05 bits per heavy atom. The molecule has 5 heteroatoms. The van der Waals surface area contributed by atoms with Crippen LogP contribution < -0.4 is 5.32 Å². The third-order valence-electron chi connectivity index (χ3n) is 3.74. The smallest absolute Gasteiger partial charge is 0.106 e. The number of hydrogen-bond acceptors (Lipinski definition) is 4. The number of anilines is 1. The van der Waals surface area contributed by atoms with Crippen LogP contribution in [0.25, 0.3) is 10.2 Å². The van der Waals surface area contributed by atoms with Gasteiger partial charge in [0.25, 0.3) is 0 Å². The standard InChI is InChI=1S/C16H13ClN2S2/c17-12-5-6-14-16(18-9-21-14)15(12)19-13-8-20-7-10-3-1-2-4-11(10)13/h1-6,9,13,19H,7-8H2. The molecule has 0 bridgehead atoms. The monoisotopic (exact) mass is 332 g/mol. The Labute approximate surface area is 136 Å². The molecular weight excluding hydrogens is 320 g/mol. The van der Waals surface area contributed by atoms with Crippen LogP contribution in [-0.4, -0.2) is 10.7 Å². The van der Waals surface area contributed by atoms with Crippen LogP contribution in [0.3, 0.4) is 0 Å². The molecule has 1 aromatic heterocycles. The Morgan fingerprint density at radius 2 is 2.10 bits per heavy atom. The number of hydrogen-bond donors (Lipinski definition) is 1. The van der Waals surface area contributed by atoms with Crippen LogP contribution in [0.5, 0.6) is 0 Å². The predicted octanol–water partition coefficient (Wildman–Crippen LogP) is 5.35. The number of benzene rings is 2. The van der Waals surface area contributed by atoms with Crippen LogP contribution in [-0.2, 0) is 5.75 Å². The van der Waals surface area contributed by atoms with Crippen LogP contribution in [0.4, 0.5) is 5.69 Å². The minimum Gasteiger partial charge on any atom is -0.374 e. The number of nitrogens with one attached hydrogen (secondary N) is 1. The molecule has 0 fully saturated rings. The summed E-state index contributed by atoms with van der Waals surface area (Å²) in [5.41, 5.74) is 6.58. The van der Waals surface area contributed by atoms with Gasteiger partial charge in [-0.1, -0.05) is 35.9 Å². The quantitative estimate of drug-likeness (QED) is 0.684. The number of nitrogens with zero attached hydrogens (tertiary/aromatic N) is 1. The van der Waals surface area contributed by atoms with Crippen LogP contribution >= 0.6 is 34.7 Å². The number of fused-ring (bicyclic) bond motifs is 2. The fourth-order valence-corrected chi connectivity index (χ4v) is 4.71. The molecule has 0 radical (unpaired) electrons. The lowest BCUT2D eigenvalue weighted by atomic mass is 10.0. The van der Waals surface area contributed by atoms with Crippen molar-refractivity contribution in [3.8, 4) is 0 Å².